The van der Waals surface area contributed by atoms with Crippen molar-refractivity contribution in [2.24, 2.45) is 11.1 Å². The molecule has 17 heavy (non-hydrogen) atoms. The highest BCUT2D eigenvalue weighted by molar-refractivity contribution is 9.10. The molecule has 1 fully saturated rings. The van der Waals surface area contributed by atoms with Crippen LogP contribution < -0.4 is 5.73 Å². The number of benzene rings is 1. The average Bonchev–Trinajstić information content (AvgIpc) is 2.29. The fourth-order valence-electron chi connectivity index (χ4n) is 3.31. The molecular formula is C14H19BrFN. The van der Waals surface area contributed by atoms with Gasteiger partial charge in [0.15, 0.2) is 0 Å². The molecule has 0 spiro atoms. The van der Waals surface area contributed by atoms with Gasteiger partial charge < -0.3 is 5.73 Å². The van der Waals surface area contributed by atoms with E-state index in [0.717, 1.165) is 23.7 Å². The SMILES string of the molecule is CCC1(CC)C(N)CC1c1ccc(F)cc1Br. The molecule has 94 valence electrons. The van der Waals surface area contributed by atoms with Gasteiger partial charge in [0.2, 0.25) is 0 Å². The number of nitrogens with two attached hydrogens (primary N) is 1. The highest BCUT2D eigenvalue weighted by atomic mass is 79.9. The predicted octanol–water partition coefficient (Wildman–Crippen LogP) is 4.21. The molecule has 3 heteroatoms. The van der Waals surface area contributed by atoms with Crippen LogP contribution in [0.1, 0.15) is 44.6 Å². The molecule has 2 rings (SSSR count). The fraction of sp³-hybridized carbons (Fsp3) is 0.571. The molecule has 0 aromatic heterocycles. The molecule has 1 saturated carbocycles. The van der Waals surface area contributed by atoms with Crippen LogP contribution in [-0.4, -0.2) is 6.04 Å². The van der Waals surface area contributed by atoms with Crippen molar-refractivity contribution in [2.45, 2.75) is 45.1 Å². The normalized spacial score (nSPS) is 26.6. The summed E-state index contributed by atoms with van der Waals surface area (Å²) < 4.78 is 14.0. The lowest BCUT2D eigenvalue weighted by Gasteiger charge is -2.55. The molecule has 0 amide bonds. The molecule has 2 atom stereocenters. The minimum absolute atomic E-state index is 0.192. The quantitative estimate of drug-likeness (QED) is 0.889. The lowest BCUT2D eigenvalue weighted by molar-refractivity contribution is 0.0433. The van der Waals surface area contributed by atoms with Crippen molar-refractivity contribution in [3.05, 3.63) is 34.1 Å². The lowest BCUT2D eigenvalue weighted by atomic mass is 9.52. The van der Waals surface area contributed by atoms with Gasteiger partial charge in [0.25, 0.3) is 0 Å². The van der Waals surface area contributed by atoms with Crippen molar-refractivity contribution in [1.29, 1.82) is 0 Å². The summed E-state index contributed by atoms with van der Waals surface area (Å²) in [5.74, 6) is 0.269. The zero-order valence-electron chi connectivity index (χ0n) is 10.3. The standard InChI is InChI=1S/C14H19BrFN/c1-3-14(4-2)11(8-13(14)17)10-6-5-9(16)7-12(10)15/h5-7,11,13H,3-4,8,17H2,1-2H3. The van der Waals surface area contributed by atoms with Crippen LogP contribution >= 0.6 is 15.9 Å². The Morgan fingerprint density at radius 2 is 2.06 bits per heavy atom. The second-order valence-corrected chi connectivity index (χ2v) is 5.86. The van der Waals surface area contributed by atoms with Gasteiger partial charge in [-0.1, -0.05) is 35.8 Å². The maximum Gasteiger partial charge on any atom is 0.124 e. The molecular weight excluding hydrogens is 281 g/mol. The molecule has 1 aliphatic carbocycles. The molecule has 0 heterocycles. The molecule has 0 aliphatic heterocycles. The van der Waals surface area contributed by atoms with Crippen LogP contribution in [-0.2, 0) is 0 Å². The lowest BCUT2D eigenvalue weighted by Crippen LogP contribution is -2.55. The summed E-state index contributed by atoms with van der Waals surface area (Å²) in [5, 5.41) is 0. The van der Waals surface area contributed by atoms with Gasteiger partial charge >= 0.3 is 0 Å². The fourth-order valence-corrected chi connectivity index (χ4v) is 3.94. The Kier molecular flexibility index (Phi) is 3.60. The van der Waals surface area contributed by atoms with Gasteiger partial charge in [0, 0.05) is 10.5 Å². The summed E-state index contributed by atoms with van der Waals surface area (Å²) in [6.07, 6.45) is 3.17. The van der Waals surface area contributed by atoms with Crippen molar-refractivity contribution in [3.8, 4) is 0 Å². The van der Waals surface area contributed by atoms with Crippen LogP contribution in [0.4, 0.5) is 4.39 Å². The van der Waals surface area contributed by atoms with Gasteiger partial charge in [0.1, 0.15) is 5.82 Å². The van der Waals surface area contributed by atoms with Crippen molar-refractivity contribution >= 4 is 15.9 Å². The summed E-state index contributed by atoms with van der Waals surface area (Å²) in [4.78, 5) is 0. The molecule has 0 saturated heterocycles. The first-order chi connectivity index (χ1) is 8.05. The van der Waals surface area contributed by atoms with Gasteiger partial charge in [-0.05, 0) is 48.3 Å². The van der Waals surface area contributed by atoms with Crippen molar-refractivity contribution in [3.63, 3.8) is 0 Å². The van der Waals surface area contributed by atoms with E-state index in [0.29, 0.717) is 5.92 Å². The van der Waals surface area contributed by atoms with E-state index in [-0.39, 0.29) is 17.3 Å². The average molecular weight is 300 g/mol. The zero-order chi connectivity index (χ0) is 12.6. The van der Waals surface area contributed by atoms with E-state index in [9.17, 15) is 4.39 Å². The van der Waals surface area contributed by atoms with Crippen LogP contribution in [0.25, 0.3) is 0 Å². The van der Waals surface area contributed by atoms with Crippen LogP contribution in [0.3, 0.4) is 0 Å². The summed E-state index contributed by atoms with van der Waals surface area (Å²) >= 11 is 3.47. The second-order valence-electron chi connectivity index (χ2n) is 5.00. The minimum Gasteiger partial charge on any atom is -0.327 e. The molecule has 1 nitrogen and oxygen atoms in total. The maximum atomic E-state index is 13.1. The number of hydrogen-bond donors (Lipinski definition) is 1. The number of halogens is 2. The highest BCUT2D eigenvalue weighted by Gasteiger charge is 2.51. The number of rotatable bonds is 3. The Hall–Kier alpha value is -0.410. The summed E-state index contributed by atoms with van der Waals surface area (Å²) in [6.45, 7) is 4.40. The topological polar surface area (TPSA) is 26.0 Å². The second kappa shape index (κ2) is 4.69. The molecule has 1 aromatic carbocycles. The first-order valence-corrected chi connectivity index (χ1v) is 7.05. The summed E-state index contributed by atoms with van der Waals surface area (Å²) in [6, 6.07) is 5.27. The first kappa shape index (κ1) is 13.0. The zero-order valence-corrected chi connectivity index (χ0v) is 11.9. The van der Waals surface area contributed by atoms with E-state index in [1.165, 1.54) is 5.56 Å². The molecule has 2 unspecified atom stereocenters. The largest absolute Gasteiger partial charge is 0.327 e. The number of hydrogen-bond acceptors (Lipinski definition) is 1. The smallest absolute Gasteiger partial charge is 0.124 e. The third-order valence-electron chi connectivity index (χ3n) is 4.58. The van der Waals surface area contributed by atoms with E-state index in [1.807, 2.05) is 6.07 Å². The molecule has 0 bridgehead atoms. The van der Waals surface area contributed by atoms with Gasteiger partial charge in [0.05, 0.1) is 0 Å². The Balaban J connectivity index is 2.35. The minimum atomic E-state index is -0.192. The van der Waals surface area contributed by atoms with E-state index >= 15 is 0 Å². The Morgan fingerprint density at radius 1 is 1.41 bits per heavy atom. The third kappa shape index (κ3) is 1.93. The highest BCUT2D eigenvalue weighted by Crippen LogP contribution is 2.57. The van der Waals surface area contributed by atoms with E-state index in [1.54, 1.807) is 12.1 Å². The van der Waals surface area contributed by atoms with Crippen molar-refractivity contribution in [2.75, 3.05) is 0 Å². The van der Waals surface area contributed by atoms with Gasteiger partial charge in [-0.15, -0.1) is 0 Å². The van der Waals surface area contributed by atoms with Crippen molar-refractivity contribution < 1.29 is 4.39 Å². The molecule has 1 aliphatic rings. The van der Waals surface area contributed by atoms with Crippen LogP contribution in [0.5, 0.6) is 0 Å². The molecule has 1 aromatic rings. The van der Waals surface area contributed by atoms with Crippen LogP contribution in [0, 0.1) is 11.2 Å². The monoisotopic (exact) mass is 299 g/mol. The van der Waals surface area contributed by atoms with Crippen molar-refractivity contribution in [1.82, 2.24) is 0 Å². The third-order valence-corrected chi connectivity index (χ3v) is 5.26. The summed E-state index contributed by atoms with van der Waals surface area (Å²) in [5.41, 5.74) is 7.60. The van der Waals surface area contributed by atoms with E-state index in [4.69, 9.17) is 5.73 Å². The van der Waals surface area contributed by atoms with E-state index < -0.39 is 0 Å². The van der Waals surface area contributed by atoms with Crippen LogP contribution in [0.15, 0.2) is 22.7 Å². The predicted molar refractivity (Wildman–Crippen MR) is 72.4 cm³/mol. The maximum absolute atomic E-state index is 13.1. The van der Waals surface area contributed by atoms with Gasteiger partial charge in [-0.3, -0.25) is 0 Å². The first-order valence-electron chi connectivity index (χ1n) is 6.25. The Labute approximate surface area is 111 Å². The Morgan fingerprint density at radius 3 is 2.53 bits per heavy atom. The van der Waals surface area contributed by atoms with Gasteiger partial charge in [-0.25, -0.2) is 4.39 Å². The van der Waals surface area contributed by atoms with Gasteiger partial charge in [-0.2, -0.15) is 0 Å². The summed E-state index contributed by atoms with van der Waals surface area (Å²) in [7, 11) is 0. The Bertz CT molecular complexity index is 415. The van der Waals surface area contributed by atoms with E-state index in [2.05, 4.69) is 29.8 Å². The molecule has 0 radical (unpaired) electrons. The van der Waals surface area contributed by atoms with Crippen LogP contribution in [0.2, 0.25) is 0 Å². The molecule has 2 N–H and O–H groups in total.